The highest BCUT2D eigenvalue weighted by Crippen LogP contribution is 2.26. The number of hydroxylamine groups is 2. The summed E-state index contributed by atoms with van der Waals surface area (Å²) < 4.78 is 11.6. The average molecular weight is 372 g/mol. The molecule has 6 rings (SSSR count). The molecule has 4 aliphatic heterocycles. The molecule has 0 radical (unpaired) electrons. The summed E-state index contributed by atoms with van der Waals surface area (Å²) in [5.74, 6) is 0.901. The SMILES string of the molecule is c1cc2n[nH]c(CON3CCN4CCC3CC4)c2cc1OC1CCOCC1. The number of H-pyrrole nitrogens is 1. The van der Waals surface area contributed by atoms with Gasteiger partial charge in [-0.3, -0.25) is 9.94 Å². The maximum Gasteiger partial charge on any atom is 0.120 e. The predicted octanol–water partition coefficient (Wildman–Crippen LogP) is 2.33. The Morgan fingerprint density at radius 2 is 1.93 bits per heavy atom. The van der Waals surface area contributed by atoms with Crippen LogP contribution >= 0.6 is 0 Å². The number of nitrogens with zero attached hydrogens (tertiary/aromatic N) is 3. The van der Waals surface area contributed by atoms with E-state index in [1.165, 1.54) is 25.9 Å². The van der Waals surface area contributed by atoms with Crippen molar-refractivity contribution in [2.24, 2.45) is 0 Å². The van der Waals surface area contributed by atoms with E-state index in [1.54, 1.807) is 0 Å². The zero-order chi connectivity index (χ0) is 18.1. The van der Waals surface area contributed by atoms with Crippen molar-refractivity contribution in [3.05, 3.63) is 23.9 Å². The molecule has 1 aromatic carbocycles. The van der Waals surface area contributed by atoms with Gasteiger partial charge in [-0.1, -0.05) is 0 Å². The molecule has 4 fully saturated rings. The van der Waals surface area contributed by atoms with Crippen LogP contribution in [0.2, 0.25) is 0 Å². The van der Waals surface area contributed by atoms with E-state index in [4.69, 9.17) is 14.3 Å². The van der Waals surface area contributed by atoms with Gasteiger partial charge < -0.3 is 14.4 Å². The Labute approximate surface area is 159 Å². The fraction of sp³-hybridized carbons (Fsp3) is 0.650. The molecule has 1 N–H and O–H groups in total. The van der Waals surface area contributed by atoms with Gasteiger partial charge in [0.25, 0.3) is 0 Å². The lowest BCUT2D eigenvalue weighted by molar-refractivity contribution is -0.193. The van der Waals surface area contributed by atoms with Crippen molar-refractivity contribution in [1.29, 1.82) is 0 Å². The highest BCUT2D eigenvalue weighted by molar-refractivity contribution is 5.82. The fourth-order valence-electron chi connectivity index (χ4n) is 4.38. The Kier molecular flexibility index (Phi) is 5.00. The van der Waals surface area contributed by atoms with E-state index in [-0.39, 0.29) is 6.10 Å². The lowest BCUT2D eigenvalue weighted by Crippen LogP contribution is -2.37. The second kappa shape index (κ2) is 7.75. The molecule has 5 heterocycles. The summed E-state index contributed by atoms with van der Waals surface area (Å²) in [6.07, 6.45) is 4.55. The third kappa shape index (κ3) is 3.82. The second-order valence-corrected chi connectivity index (χ2v) is 7.80. The minimum absolute atomic E-state index is 0.241. The number of hydrogen-bond acceptors (Lipinski definition) is 6. The summed E-state index contributed by atoms with van der Waals surface area (Å²) in [7, 11) is 0. The topological polar surface area (TPSA) is 62.9 Å². The number of ether oxygens (including phenoxy) is 2. The van der Waals surface area contributed by atoms with Gasteiger partial charge in [-0.05, 0) is 44.1 Å². The maximum atomic E-state index is 6.21. The van der Waals surface area contributed by atoms with Gasteiger partial charge >= 0.3 is 0 Å². The second-order valence-electron chi connectivity index (χ2n) is 7.80. The van der Waals surface area contributed by atoms with E-state index in [9.17, 15) is 0 Å². The standard InChI is InChI=1S/C20H28N4O3/c1-2-19-18(13-17(1)27-16-5-11-25-12-6-16)20(22-21-19)14-26-24-10-9-23-7-3-15(24)4-8-23/h1-2,13,15-16H,3-12,14H2,(H,21,22). The van der Waals surface area contributed by atoms with Gasteiger partial charge in [0, 0.05) is 37.4 Å². The van der Waals surface area contributed by atoms with E-state index < -0.39 is 0 Å². The molecule has 2 bridgehead atoms. The molecule has 2 aromatic rings. The first kappa shape index (κ1) is 17.4. The molecular weight excluding hydrogens is 344 g/mol. The number of rotatable bonds is 5. The Hall–Kier alpha value is -1.67. The van der Waals surface area contributed by atoms with Crippen LogP contribution in [0.15, 0.2) is 18.2 Å². The van der Waals surface area contributed by atoms with Crippen LogP contribution in [0.4, 0.5) is 0 Å². The van der Waals surface area contributed by atoms with E-state index in [0.29, 0.717) is 12.6 Å². The number of nitrogens with one attached hydrogen (secondary N) is 1. The number of aromatic nitrogens is 2. The van der Waals surface area contributed by atoms with Crippen molar-refractivity contribution >= 4 is 10.9 Å². The van der Waals surface area contributed by atoms with Crippen molar-refractivity contribution in [3.63, 3.8) is 0 Å². The van der Waals surface area contributed by atoms with Crippen LogP contribution in [-0.2, 0) is 16.2 Å². The Bertz CT molecular complexity index is 766. The quantitative estimate of drug-likeness (QED) is 0.869. The van der Waals surface area contributed by atoms with Crippen molar-refractivity contribution in [1.82, 2.24) is 20.2 Å². The van der Waals surface area contributed by atoms with Gasteiger partial charge in [-0.15, -0.1) is 0 Å². The molecule has 0 spiro atoms. The first-order chi connectivity index (χ1) is 13.3. The van der Waals surface area contributed by atoms with Crippen LogP contribution < -0.4 is 4.74 Å². The molecule has 1 aromatic heterocycles. The number of hydrogen-bond donors (Lipinski definition) is 1. The van der Waals surface area contributed by atoms with Gasteiger partial charge in [-0.2, -0.15) is 10.2 Å². The number of benzene rings is 1. The maximum absolute atomic E-state index is 6.21. The Morgan fingerprint density at radius 1 is 1.07 bits per heavy atom. The predicted molar refractivity (Wildman–Crippen MR) is 102 cm³/mol. The van der Waals surface area contributed by atoms with Crippen molar-refractivity contribution in [2.75, 3.05) is 39.4 Å². The smallest absolute Gasteiger partial charge is 0.120 e. The highest BCUT2D eigenvalue weighted by Gasteiger charge is 2.29. The van der Waals surface area contributed by atoms with Crippen LogP contribution in [0.5, 0.6) is 5.75 Å². The summed E-state index contributed by atoms with van der Waals surface area (Å²) in [6, 6.07) is 6.66. The minimum atomic E-state index is 0.241. The number of aromatic amines is 1. The van der Waals surface area contributed by atoms with Crippen LogP contribution in [-0.4, -0.2) is 71.7 Å². The van der Waals surface area contributed by atoms with Crippen molar-refractivity contribution < 1.29 is 14.3 Å². The highest BCUT2D eigenvalue weighted by atomic mass is 16.7. The van der Waals surface area contributed by atoms with Gasteiger partial charge in [0.15, 0.2) is 0 Å². The summed E-state index contributed by atoms with van der Waals surface area (Å²) in [4.78, 5) is 8.75. The Morgan fingerprint density at radius 3 is 2.78 bits per heavy atom. The van der Waals surface area contributed by atoms with E-state index in [0.717, 1.165) is 61.5 Å². The van der Waals surface area contributed by atoms with E-state index in [1.807, 2.05) is 12.1 Å². The lowest BCUT2D eigenvalue weighted by Gasteiger charge is -2.30. The normalized spacial score (nSPS) is 27.1. The van der Waals surface area contributed by atoms with E-state index >= 15 is 0 Å². The average Bonchev–Trinajstić information content (AvgIpc) is 2.89. The molecule has 146 valence electrons. The third-order valence-corrected chi connectivity index (χ3v) is 6.05. The molecule has 4 saturated heterocycles. The summed E-state index contributed by atoms with van der Waals surface area (Å²) >= 11 is 0. The first-order valence-electron chi connectivity index (χ1n) is 10.2. The largest absolute Gasteiger partial charge is 0.490 e. The summed E-state index contributed by atoms with van der Waals surface area (Å²) in [5.41, 5.74) is 1.97. The Balaban J connectivity index is 1.27. The first-order valence-corrected chi connectivity index (χ1v) is 10.2. The summed E-state index contributed by atoms with van der Waals surface area (Å²) in [5, 5.41) is 10.9. The van der Waals surface area contributed by atoms with Gasteiger partial charge in [0.1, 0.15) is 18.5 Å². The summed E-state index contributed by atoms with van der Waals surface area (Å²) in [6.45, 7) is 6.57. The molecule has 4 aliphatic rings. The molecule has 7 heteroatoms. The molecule has 7 nitrogen and oxygen atoms in total. The molecule has 0 unspecified atom stereocenters. The number of fused-ring (bicyclic) bond motifs is 5. The zero-order valence-corrected chi connectivity index (χ0v) is 15.7. The van der Waals surface area contributed by atoms with Gasteiger partial charge in [0.2, 0.25) is 0 Å². The molecule has 0 saturated carbocycles. The molecule has 0 aliphatic carbocycles. The van der Waals surface area contributed by atoms with Crippen LogP contribution in [0, 0.1) is 0 Å². The fourth-order valence-corrected chi connectivity index (χ4v) is 4.38. The number of piperidine rings is 1. The van der Waals surface area contributed by atoms with Crippen LogP contribution in [0.3, 0.4) is 0 Å². The van der Waals surface area contributed by atoms with Gasteiger partial charge in [-0.25, -0.2) is 0 Å². The molecule has 0 atom stereocenters. The minimum Gasteiger partial charge on any atom is -0.490 e. The molecule has 27 heavy (non-hydrogen) atoms. The molecular formula is C20H28N4O3. The van der Waals surface area contributed by atoms with Crippen molar-refractivity contribution in [3.8, 4) is 5.75 Å². The monoisotopic (exact) mass is 372 g/mol. The van der Waals surface area contributed by atoms with Crippen LogP contribution in [0.25, 0.3) is 10.9 Å². The van der Waals surface area contributed by atoms with Gasteiger partial charge in [0.05, 0.1) is 24.4 Å². The van der Waals surface area contributed by atoms with Crippen molar-refractivity contribution in [2.45, 2.75) is 44.4 Å². The lowest BCUT2D eigenvalue weighted by atomic mass is 10.1. The third-order valence-electron chi connectivity index (χ3n) is 6.05. The van der Waals surface area contributed by atoms with E-state index in [2.05, 4.69) is 26.2 Å². The molecule has 0 amide bonds. The van der Waals surface area contributed by atoms with Crippen LogP contribution in [0.1, 0.15) is 31.4 Å². The zero-order valence-electron chi connectivity index (χ0n) is 15.7.